The molecule has 3 aromatic carbocycles. The minimum atomic E-state index is -1.46. The second-order valence-electron chi connectivity index (χ2n) is 9.88. The lowest BCUT2D eigenvalue weighted by Crippen LogP contribution is -2.49. The number of esters is 1. The van der Waals surface area contributed by atoms with Crippen molar-refractivity contribution in [3.8, 4) is 11.5 Å². The van der Waals surface area contributed by atoms with E-state index in [4.69, 9.17) is 4.74 Å². The van der Waals surface area contributed by atoms with Crippen LogP contribution in [0.2, 0.25) is 0 Å². The fourth-order valence-corrected chi connectivity index (χ4v) is 4.85. The topological polar surface area (TPSA) is 125 Å². The molecule has 4 N–H and O–H groups in total. The van der Waals surface area contributed by atoms with E-state index >= 15 is 0 Å². The molecule has 3 aromatic rings. The molecule has 0 saturated carbocycles. The molecule has 1 amide bonds. The zero-order valence-corrected chi connectivity index (χ0v) is 22.8. The summed E-state index contributed by atoms with van der Waals surface area (Å²) in [5.74, 6) is -5.20. The highest BCUT2D eigenvalue weighted by Gasteiger charge is 2.30. The zero-order chi connectivity index (χ0) is 29.7. The molecule has 1 aliphatic rings. The van der Waals surface area contributed by atoms with Crippen LogP contribution in [0.15, 0.2) is 48.5 Å². The maximum atomic E-state index is 14.2. The van der Waals surface area contributed by atoms with Crippen molar-refractivity contribution in [3.05, 3.63) is 93.5 Å². The number of rotatable bonds is 8. The molecule has 0 unspecified atom stereocenters. The van der Waals surface area contributed by atoms with Crippen LogP contribution in [0.5, 0.6) is 11.5 Å². The summed E-state index contributed by atoms with van der Waals surface area (Å²) in [5, 5.41) is 26.5. The molecule has 0 radical (unpaired) electrons. The van der Waals surface area contributed by atoms with Crippen LogP contribution in [-0.4, -0.2) is 53.1 Å². The van der Waals surface area contributed by atoms with Crippen LogP contribution in [0, 0.1) is 11.6 Å². The van der Waals surface area contributed by atoms with E-state index in [1.54, 1.807) is 12.1 Å². The standard InChI is InChI=1S/C31H32F2N2O6/c1-3-17-14-21(15-18(4-2)28(17)37)30(39)35-23-16-34-13-5-6-25(23)41-31(40)20-9-7-19(8-10-20)29(38)26-24(36)12-11-22(32)27(26)33/h7-12,14-15,23,25,34,36-37H,3-6,13,16H2,1-2H3,(H,35,39)/t23-,25-/m1/s1. The summed E-state index contributed by atoms with van der Waals surface area (Å²) in [5.41, 5.74) is 1.02. The largest absolute Gasteiger partial charge is 0.507 e. The number of halogens is 2. The van der Waals surface area contributed by atoms with Crippen molar-refractivity contribution < 1.29 is 38.1 Å². The quantitative estimate of drug-likeness (QED) is 0.235. The Bertz CT molecular complexity index is 1430. The number of aromatic hydroxyl groups is 2. The summed E-state index contributed by atoms with van der Waals surface area (Å²) in [6.45, 7) is 4.85. The lowest BCUT2D eigenvalue weighted by molar-refractivity contribution is 0.0192. The normalized spacial score (nSPS) is 17.0. The molecular formula is C31H32F2N2O6. The van der Waals surface area contributed by atoms with Crippen LogP contribution in [0.3, 0.4) is 0 Å². The maximum absolute atomic E-state index is 14.2. The minimum absolute atomic E-state index is 0.0584. The maximum Gasteiger partial charge on any atom is 0.338 e. The molecule has 1 heterocycles. The number of ketones is 1. The number of phenolic OH excluding ortho intramolecular Hbond substituents is 2. The molecule has 0 aliphatic carbocycles. The Balaban J connectivity index is 1.48. The number of amides is 1. The average molecular weight is 567 g/mol. The van der Waals surface area contributed by atoms with Crippen LogP contribution in [0.25, 0.3) is 0 Å². The number of ether oxygens (including phenoxy) is 1. The molecule has 1 aliphatic heterocycles. The van der Waals surface area contributed by atoms with Gasteiger partial charge in [-0.2, -0.15) is 0 Å². The predicted molar refractivity (Wildman–Crippen MR) is 147 cm³/mol. The Hall–Kier alpha value is -4.31. The fraction of sp³-hybridized carbons (Fsp3) is 0.323. The summed E-state index contributed by atoms with van der Waals surface area (Å²) in [6, 6.07) is 9.56. The van der Waals surface area contributed by atoms with Gasteiger partial charge in [0.25, 0.3) is 5.91 Å². The number of carbonyl (C=O) groups excluding carboxylic acids is 3. The van der Waals surface area contributed by atoms with Crippen molar-refractivity contribution in [2.24, 2.45) is 0 Å². The molecule has 1 fully saturated rings. The first-order valence-electron chi connectivity index (χ1n) is 13.5. The van der Waals surface area contributed by atoms with E-state index < -0.39 is 46.8 Å². The number of benzene rings is 3. The smallest absolute Gasteiger partial charge is 0.338 e. The Labute approximate surface area is 236 Å². The third-order valence-electron chi connectivity index (χ3n) is 7.20. The van der Waals surface area contributed by atoms with Crippen molar-refractivity contribution in [2.75, 3.05) is 13.1 Å². The molecule has 1 saturated heterocycles. The van der Waals surface area contributed by atoms with Crippen LogP contribution in [0.4, 0.5) is 8.78 Å². The summed E-state index contributed by atoms with van der Waals surface area (Å²) >= 11 is 0. The molecule has 0 aromatic heterocycles. The van der Waals surface area contributed by atoms with E-state index in [9.17, 15) is 33.4 Å². The van der Waals surface area contributed by atoms with Gasteiger partial charge in [0.05, 0.1) is 11.6 Å². The highest BCUT2D eigenvalue weighted by Crippen LogP contribution is 2.27. The van der Waals surface area contributed by atoms with Gasteiger partial charge in [0, 0.05) is 17.7 Å². The zero-order valence-electron chi connectivity index (χ0n) is 22.8. The fourth-order valence-electron chi connectivity index (χ4n) is 4.85. The van der Waals surface area contributed by atoms with Crippen molar-refractivity contribution in [1.29, 1.82) is 0 Å². The van der Waals surface area contributed by atoms with Crippen LogP contribution in [-0.2, 0) is 17.6 Å². The minimum Gasteiger partial charge on any atom is -0.507 e. The van der Waals surface area contributed by atoms with Crippen molar-refractivity contribution in [2.45, 2.75) is 51.7 Å². The second-order valence-corrected chi connectivity index (χ2v) is 9.88. The molecule has 10 heteroatoms. The molecular weight excluding hydrogens is 534 g/mol. The summed E-state index contributed by atoms with van der Waals surface area (Å²) in [7, 11) is 0. The van der Waals surface area contributed by atoms with Gasteiger partial charge >= 0.3 is 5.97 Å². The first-order valence-corrected chi connectivity index (χ1v) is 13.5. The van der Waals surface area contributed by atoms with Gasteiger partial charge in [-0.1, -0.05) is 26.0 Å². The molecule has 2 atom stereocenters. The van der Waals surface area contributed by atoms with Crippen LogP contribution < -0.4 is 10.6 Å². The van der Waals surface area contributed by atoms with Crippen molar-refractivity contribution >= 4 is 17.7 Å². The Morgan fingerprint density at radius 1 is 0.951 bits per heavy atom. The predicted octanol–water partition coefficient (Wildman–Crippen LogP) is 4.44. The Morgan fingerprint density at radius 3 is 2.22 bits per heavy atom. The van der Waals surface area contributed by atoms with Gasteiger partial charge in [0.15, 0.2) is 17.4 Å². The Morgan fingerprint density at radius 2 is 1.59 bits per heavy atom. The summed E-state index contributed by atoms with van der Waals surface area (Å²) in [4.78, 5) is 38.9. The van der Waals surface area contributed by atoms with Crippen LogP contribution >= 0.6 is 0 Å². The van der Waals surface area contributed by atoms with E-state index in [2.05, 4.69) is 10.6 Å². The van der Waals surface area contributed by atoms with E-state index in [-0.39, 0.29) is 22.8 Å². The number of nitrogens with one attached hydrogen (secondary N) is 2. The number of hydrogen-bond acceptors (Lipinski definition) is 7. The van der Waals surface area contributed by atoms with Gasteiger partial charge in [-0.3, -0.25) is 9.59 Å². The SMILES string of the molecule is CCc1cc(C(=O)N[C@@H]2CNCCC[C@H]2OC(=O)c2ccc(C(=O)c3c(O)ccc(F)c3F)cc2)cc(CC)c1O. The monoisotopic (exact) mass is 566 g/mol. The second kappa shape index (κ2) is 12.9. The number of aryl methyl sites for hydroxylation is 2. The number of carbonyl (C=O) groups is 3. The van der Waals surface area contributed by atoms with E-state index in [0.717, 1.165) is 12.1 Å². The summed E-state index contributed by atoms with van der Waals surface area (Å²) in [6.07, 6.45) is 1.69. The lowest BCUT2D eigenvalue weighted by Gasteiger charge is -2.26. The first kappa shape index (κ1) is 29.7. The third-order valence-corrected chi connectivity index (χ3v) is 7.20. The first-order chi connectivity index (χ1) is 19.6. The van der Waals surface area contributed by atoms with Gasteiger partial charge in [-0.25, -0.2) is 13.6 Å². The molecule has 216 valence electrons. The van der Waals surface area contributed by atoms with E-state index in [1.165, 1.54) is 24.3 Å². The van der Waals surface area contributed by atoms with Gasteiger partial charge in [-0.15, -0.1) is 0 Å². The van der Waals surface area contributed by atoms with Crippen molar-refractivity contribution in [3.63, 3.8) is 0 Å². The number of hydrogen-bond donors (Lipinski definition) is 4. The number of phenols is 2. The molecule has 0 bridgehead atoms. The van der Waals surface area contributed by atoms with Gasteiger partial charge in [-0.05, 0) is 79.8 Å². The molecule has 0 spiro atoms. The highest BCUT2D eigenvalue weighted by molar-refractivity contribution is 6.11. The van der Waals surface area contributed by atoms with Crippen molar-refractivity contribution in [1.82, 2.24) is 10.6 Å². The Kier molecular flexibility index (Phi) is 9.34. The lowest BCUT2D eigenvalue weighted by atomic mass is 9.99. The van der Waals surface area contributed by atoms with Gasteiger partial charge in [0.2, 0.25) is 0 Å². The van der Waals surface area contributed by atoms with E-state index in [1.807, 2.05) is 13.8 Å². The van der Waals surface area contributed by atoms with Crippen LogP contribution in [0.1, 0.15) is 74.5 Å². The van der Waals surface area contributed by atoms with Gasteiger partial charge < -0.3 is 25.6 Å². The molecule has 4 rings (SSSR count). The molecule has 8 nitrogen and oxygen atoms in total. The highest BCUT2D eigenvalue weighted by atomic mass is 19.2. The average Bonchev–Trinajstić information content (AvgIpc) is 3.19. The summed E-state index contributed by atoms with van der Waals surface area (Å²) < 4.78 is 33.5. The van der Waals surface area contributed by atoms with Gasteiger partial charge in [0.1, 0.15) is 23.2 Å². The molecule has 41 heavy (non-hydrogen) atoms. The third kappa shape index (κ3) is 6.54. The van der Waals surface area contributed by atoms with E-state index in [0.29, 0.717) is 55.5 Å².